The van der Waals surface area contributed by atoms with Crippen molar-refractivity contribution in [1.82, 2.24) is 4.90 Å². The standard InChI is InChI=1S/C14H14N2O5S/c1-6-3-8(21-11(6)19)4-7-5-22-13-14(2,15)12(20)16(13)9(7)10(17)18/h3-4,13H,5,15H2,1-2H3,(H,17,18)/b8-4+/t13-,14+/m0/s1. The predicted octanol–water partition coefficient (Wildman–Crippen LogP) is 0.345. The van der Waals surface area contributed by atoms with Gasteiger partial charge >= 0.3 is 11.9 Å². The summed E-state index contributed by atoms with van der Waals surface area (Å²) in [6.07, 6.45) is 3.02. The molecule has 1 saturated heterocycles. The minimum absolute atomic E-state index is 0.0989. The van der Waals surface area contributed by atoms with E-state index >= 15 is 0 Å². The molecule has 3 N–H and O–H groups in total. The summed E-state index contributed by atoms with van der Waals surface area (Å²) in [6.45, 7) is 3.21. The molecular weight excluding hydrogens is 308 g/mol. The van der Waals surface area contributed by atoms with Gasteiger partial charge in [-0.25, -0.2) is 9.59 Å². The first-order chi connectivity index (χ1) is 10.2. The van der Waals surface area contributed by atoms with Crippen molar-refractivity contribution in [3.05, 3.63) is 34.8 Å². The van der Waals surface area contributed by atoms with E-state index < -0.39 is 28.8 Å². The Balaban J connectivity index is 2.01. The second-order valence-corrected chi connectivity index (χ2v) is 6.63. The van der Waals surface area contributed by atoms with Crippen LogP contribution in [0.15, 0.2) is 34.8 Å². The molecule has 0 unspecified atom stereocenters. The number of hydrogen-bond acceptors (Lipinski definition) is 6. The molecule has 8 heteroatoms. The molecule has 0 bridgehead atoms. The van der Waals surface area contributed by atoms with Gasteiger partial charge in [0.2, 0.25) is 0 Å². The van der Waals surface area contributed by atoms with E-state index in [1.807, 2.05) is 0 Å². The molecule has 22 heavy (non-hydrogen) atoms. The van der Waals surface area contributed by atoms with Gasteiger partial charge in [0.25, 0.3) is 5.91 Å². The number of esters is 1. The molecule has 3 aliphatic rings. The summed E-state index contributed by atoms with van der Waals surface area (Å²) >= 11 is 1.39. The number of cyclic esters (lactones) is 1. The number of fused-ring (bicyclic) bond motifs is 1. The Morgan fingerprint density at radius 3 is 2.82 bits per heavy atom. The van der Waals surface area contributed by atoms with Gasteiger partial charge in [-0.05, 0) is 31.6 Å². The van der Waals surface area contributed by atoms with Crippen LogP contribution in [-0.2, 0) is 19.1 Å². The number of nitrogens with two attached hydrogens (primary N) is 1. The Bertz CT molecular complexity index is 704. The van der Waals surface area contributed by atoms with Gasteiger partial charge in [-0.1, -0.05) is 0 Å². The molecule has 0 aromatic rings. The maximum Gasteiger partial charge on any atom is 0.352 e. The van der Waals surface area contributed by atoms with Crippen LogP contribution in [0.3, 0.4) is 0 Å². The van der Waals surface area contributed by atoms with Crippen molar-refractivity contribution in [3.8, 4) is 0 Å². The van der Waals surface area contributed by atoms with Gasteiger partial charge in [0, 0.05) is 11.3 Å². The smallest absolute Gasteiger partial charge is 0.352 e. The average Bonchev–Trinajstić information content (AvgIpc) is 2.75. The van der Waals surface area contributed by atoms with E-state index in [4.69, 9.17) is 10.5 Å². The highest BCUT2D eigenvalue weighted by Gasteiger charge is 2.59. The lowest BCUT2D eigenvalue weighted by Crippen LogP contribution is -2.76. The summed E-state index contributed by atoms with van der Waals surface area (Å²) in [6, 6.07) is 0. The first-order valence-corrected chi connectivity index (χ1v) is 7.61. The Kier molecular flexibility index (Phi) is 3.19. The molecule has 3 rings (SSSR count). The molecule has 0 radical (unpaired) electrons. The Labute approximate surface area is 130 Å². The van der Waals surface area contributed by atoms with Crippen LogP contribution in [0.5, 0.6) is 0 Å². The molecular formula is C14H14N2O5S. The number of carboxylic acids is 1. The van der Waals surface area contributed by atoms with E-state index in [-0.39, 0.29) is 11.5 Å². The SMILES string of the molecule is CC1=C/C(=C\C2=C(C(=O)O)N3C(=O)[C@@](C)(N)[C@@H]3SC2)OC1=O. The van der Waals surface area contributed by atoms with E-state index in [1.165, 1.54) is 28.8 Å². The summed E-state index contributed by atoms with van der Waals surface area (Å²) in [4.78, 5) is 36.2. The third-order valence-electron chi connectivity index (χ3n) is 3.78. The summed E-state index contributed by atoms with van der Waals surface area (Å²) in [5.74, 6) is -1.44. The molecule has 0 spiro atoms. The molecule has 1 amide bonds. The number of ether oxygens (including phenoxy) is 1. The highest BCUT2D eigenvalue weighted by molar-refractivity contribution is 8.00. The lowest BCUT2D eigenvalue weighted by molar-refractivity contribution is -0.153. The number of carbonyl (C=O) groups excluding carboxylic acids is 2. The molecule has 2 atom stereocenters. The maximum atomic E-state index is 12.1. The fourth-order valence-electron chi connectivity index (χ4n) is 2.61. The zero-order valence-corrected chi connectivity index (χ0v) is 12.8. The van der Waals surface area contributed by atoms with Crippen LogP contribution in [0.1, 0.15) is 13.8 Å². The average molecular weight is 322 g/mol. The van der Waals surface area contributed by atoms with E-state index in [1.54, 1.807) is 13.8 Å². The zero-order chi connectivity index (χ0) is 16.2. The summed E-state index contributed by atoms with van der Waals surface area (Å²) in [5, 5.41) is 9.05. The normalized spacial score (nSPS) is 32.7. The number of hydrogen-bond donors (Lipinski definition) is 2. The summed E-state index contributed by atoms with van der Waals surface area (Å²) in [5.41, 5.74) is 5.62. The second kappa shape index (κ2) is 4.72. The Morgan fingerprint density at radius 1 is 1.59 bits per heavy atom. The number of carbonyl (C=O) groups is 3. The third-order valence-corrected chi connectivity index (χ3v) is 5.27. The number of rotatable bonds is 2. The number of carboxylic acid groups (broad SMARTS) is 1. The number of aliphatic carboxylic acids is 1. The molecule has 0 aliphatic carbocycles. The molecule has 3 aliphatic heterocycles. The van der Waals surface area contributed by atoms with Gasteiger partial charge < -0.3 is 15.6 Å². The molecule has 3 heterocycles. The highest BCUT2D eigenvalue weighted by Crippen LogP contribution is 2.45. The van der Waals surface area contributed by atoms with Gasteiger partial charge in [-0.3, -0.25) is 9.69 Å². The van der Waals surface area contributed by atoms with Gasteiger partial charge in [-0.15, -0.1) is 11.8 Å². The van der Waals surface area contributed by atoms with E-state index in [0.717, 1.165) is 0 Å². The van der Waals surface area contributed by atoms with Crippen LogP contribution in [0.2, 0.25) is 0 Å². The third kappa shape index (κ3) is 1.98. The fraction of sp³-hybridized carbons (Fsp3) is 0.357. The minimum atomic E-state index is -1.20. The van der Waals surface area contributed by atoms with Gasteiger partial charge in [0.1, 0.15) is 22.4 Å². The monoisotopic (exact) mass is 322 g/mol. The molecule has 7 nitrogen and oxygen atoms in total. The van der Waals surface area contributed by atoms with Crippen LogP contribution in [0.4, 0.5) is 0 Å². The van der Waals surface area contributed by atoms with Crippen molar-refractivity contribution in [2.75, 3.05) is 5.75 Å². The summed E-state index contributed by atoms with van der Waals surface area (Å²) in [7, 11) is 0. The number of thioether (sulfide) groups is 1. The molecule has 0 aromatic heterocycles. The number of nitrogens with zero attached hydrogens (tertiary/aromatic N) is 1. The van der Waals surface area contributed by atoms with Crippen LogP contribution >= 0.6 is 11.8 Å². The van der Waals surface area contributed by atoms with Crippen LogP contribution in [0, 0.1) is 0 Å². The van der Waals surface area contributed by atoms with Crippen molar-refractivity contribution in [2.24, 2.45) is 5.73 Å². The number of amides is 1. The lowest BCUT2D eigenvalue weighted by atomic mass is 9.89. The Hall–Kier alpha value is -2.06. The van der Waals surface area contributed by atoms with Crippen molar-refractivity contribution < 1.29 is 24.2 Å². The first-order valence-electron chi connectivity index (χ1n) is 6.56. The number of β-lactam (4-membered cyclic amide) rings is 1. The van der Waals surface area contributed by atoms with Gasteiger partial charge in [0.05, 0.1) is 0 Å². The number of allylic oxidation sites excluding steroid dienone is 2. The van der Waals surface area contributed by atoms with Crippen molar-refractivity contribution >= 4 is 29.6 Å². The van der Waals surface area contributed by atoms with Crippen LogP contribution in [-0.4, -0.2) is 44.5 Å². The zero-order valence-electron chi connectivity index (χ0n) is 12.0. The van der Waals surface area contributed by atoms with Crippen molar-refractivity contribution in [3.63, 3.8) is 0 Å². The fourth-order valence-corrected chi connectivity index (χ4v) is 3.97. The summed E-state index contributed by atoms with van der Waals surface area (Å²) < 4.78 is 5.02. The van der Waals surface area contributed by atoms with Crippen molar-refractivity contribution in [1.29, 1.82) is 0 Å². The van der Waals surface area contributed by atoms with Crippen molar-refractivity contribution in [2.45, 2.75) is 24.8 Å². The Morgan fingerprint density at radius 2 is 2.27 bits per heavy atom. The minimum Gasteiger partial charge on any atom is -0.477 e. The molecule has 1 fully saturated rings. The predicted molar refractivity (Wildman–Crippen MR) is 78.3 cm³/mol. The van der Waals surface area contributed by atoms with E-state index in [9.17, 15) is 19.5 Å². The van der Waals surface area contributed by atoms with Gasteiger partial charge in [-0.2, -0.15) is 0 Å². The molecule has 116 valence electrons. The van der Waals surface area contributed by atoms with E-state index in [2.05, 4.69) is 0 Å². The largest absolute Gasteiger partial charge is 0.477 e. The molecule has 0 aromatic carbocycles. The first kappa shape index (κ1) is 14.9. The topological polar surface area (TPSA) is 110 Å². The lowest BCUT2D eigenvalue weighted by Gasteiger charge is -2.53. The second-order valence-electron chi connectivity index (χ2n) is 5.56. The van der Waals surface area contributed by atoms with Gasteiger partial charge in [0.15, 0.2) is 0 Å². The van der Waals surface area contributed by atoms with Crippen LogP contribution < -0.4 is 5.73 Å². The molecule has 0 saturated carbocycles. The van der Waals surface area contributed by atoms with E-state index in [0.29, 0.717) is 16.9 Å². The maximum absolute atomic E-state index is 12.1. The quantitative estimate of drug-likeness (QED) is 0.557. The van der Waals surface area contributed by atoms with Crippen LogP contribution in [0.25, 0.3) is 0 Å². The highest BCUT2D eigenvalue weighted by atomic mass is 32.2.